The molecule has 130 valence electrons. The quantitative estimate of drug-likeness (QED) is 0.717. The van der Waals surface area contributed by atoms with Crippen molar-refractivity contribution in [1.29, 1.82) is 0 Å². The molecule has 1 aromatic carbocycles. The van der Waals surface area contributed by atoms with Crippen molar-refractivity contribution in [2.75, 3.05) is 11.9 Å². The molecule has 2 atom stereocenters. The smallest absolute Gasteiger partial charge is 0.256 e. The second kappa shape index (κ2) is 8.92. The molecule has 4 heteroatoms. The van der Waals surface area contributed by atoms with Crippen LogP contribution >= 0.6 is 0 Å². The van der Waals surface area contributed by atoms with Gasteiger partial charge in [0.15, 0.2) is 0 Å². The molecule has 0 aliphatic rings. The number of rotatable bonds is 9. The number of anilines is 1. The number of amides is 1. The Morgan fingerprint density at radius 3 is 2.52 bits per heavy atom. The minimum Gasteiger partial charge on any atom is -0.490 e. The number of nitrogens with one attached hydrogen (secondary N) is 1. The van der Waals surface area contributed by atoms with Crippen molar-refractivity contribution in [3.05, 3.63) is 23.8 Å². The Labute approximate surface area is 140 Å². The summed E-state index contributed by atoms with van der Waals surface area (Å²) in [6, 6.07) is 5.73. The Balaban J connectivity index is 2.84. The molecular formula is C19H31NO3. The summed E-state index contributed by atoms with van der Waals surface area (Å²) in [5.74, 6) is 0.759. The van der Waals surface area contributed by atoms with E-state index in [0.717, 1.165) is 29.8 Å². The molecule has 23 heavy (non-hydrogen) atoms. The maximum Gasteiger partial charge on any atom is 0.256 e. The van der Waals surface area contributed by atoms with Gasteiger partial charge in [0.05, 0.1) is 6.10 Å². The highest BCUT2D eigenvalue weighted by molar-refractivity contribution is 5.97. The van der Waals surface area contributed by atoms with Crippen molar-refractivity contribution in [3.8, 4) is 5.75 Å². The fourth-order valence-corrected chi connectivity index (χ4v) is 2.47. The van der Waals surface area contributed by atoms with Crippen molar-refractivity contribution in [1.82, 2.24) is 0 Å². The van der Waals surface area contributed by atoms with Crippen LogP contribution in [0.4, 0.5) is 5.69 Å². The van der Waals surface area contributed by atoms with E-state index in [9.17, 15) is 4.79 Å². The zero-order chi connectivity index (χ0) is 17.5. The number of carbonyl (C=O) groups excluding carboxylic acids is 1. The molecule has 0 saturated carbocycles. The first-order chi connectivity index (χ1) is 10.9. The first-order valence-corrected chi connectivity index (χ1v) is 8.59. The summed E-state index contributed by atoms with van der Waals surface area (Å²) in [5, 5.41) is 2.97. The number of hydrogen-bond donors (Lipinski definition) is 1. The molecule has 0 heterocycles. The lowest BCUT2D eigenvalue weighted by Crippen LogP contribution is -2.42. The van der Waals surface area contributed by atoms with Crippen LogP contribution in [0.2, 0.25) is 0 Å². The van der Waals surface area contributed by atoms with E-state index >= 15 is 0 Å². The van der Waals surface area contributed by atoms with Gasteiger partial charge in [-0.2, -0.15) is 0 Å². The first kappa shape index (κ1) is 19.5. The third-order valence-corrected chi connectivity index (χ3v) is 4.01. The molecule has 1 N–H and O–H groups in total. The minimum atomic E-state index is -0.788. The van der Waals surface area contributed by atoms with E-state index in [0.29, 0.717) is 13.0 Å². The Morgan fingerprint density at radius 1 is 1.30 bits per heavy atom. The van der Waals surface area contributed by atoms with Crippen molar-refractivity contribution in [2.24, 2.45) is 0 Å². The van der Waals surface area contributed by atoms with E-state index in [-0.39, 0.29) is 12.0 Å². The van der Waals surface area contributed by atoms with Gasteiger partial charge in [-0.1, -0.05) is 20.3 Å². The SMILES string of the molecule is CCC[C@](C)(OCC)C(=O)Nc1ccc(O[C@H](C)CC)c(C)c1. The van der Waals surface area contributed by atoms with Crippen molar-refractivity contribution in [3.63, 3.8) is 0 Å². The van der Waals surface area contributed by atoms with Gasteiger partial charge >= 0.3 is 0 Å². The lowest BCUT2D eigenvalue weighted by Gasteiger charge is -2.28. The summed E-state index contributed by atoms with van der Waals surface area (Å²) in [6.45, 7) is 12.5. The van der Waals surface area contributed by atoms with E-state index in [1.807, 2.05) is 45.9 Å². The van der Waals surface area contributed by atoms with Crippen LogP contribution in [-0.4, -0.2) is 24.2 Å². The highest BCUT2D eigenvalue weighted by Gasteiger charge is 2.32. The number of benzene rings is 1. The topological polar surface area (TPSA) is 47.6 Å². The number of aryl methyl sites for hydroxylation is 1. The van der Waals surface area contributed by atoms with E-state index in [4.69, 9.17) is 9.47 Å². The van der Waals surface area contributed by atoms with E-state index in [2.05, 4.69) is 19.2 Å². The molecule has 0 fully saturated rings. The molecule has 0 spiro atoms. The maximum atomic E-state index is 12.6. The minimum absolute atomic E-state index is 0.101. The van der Waals surface area contributed by atoms with Gasteiger partial charge in [-0.15, -0.1) is 0 Å². The monoisotopic (exact) mass is 321 g/mol. The molecule has 0 aromatic heterocycles. The van der Waals surface area contributed by atoms with Crippen LogP contribution in [0.1, 0.15) is 59.4 Å². The molecule has 4 nitrogen and oxygen atoms in total. The van der Waals surface area contributed by atoms with Crippen LogP contribution in [0.5, 0.6) is 5.75 Å². The van der Waals surface area contributed by atoms with Crippen LogP contribution in [0, 0.1) is 6.92 Å². The van der Waals surface area contributed by atoms with Crippen molar-refractivity contribution < 1.29 is 14.3 Å². The number of ether oxygens (including phenoxy) is 2. The Morgan fingerprint density at radius 2 is 2.00 bits per heavy atom. The van der Waals surface area contributed by atoms with Gasteiger partial charge in [0.1, 0.15) is 11.4 Å². The van der Waals surface area contributed by atoms with Gasteiger partial charge in [0.25, 0.3) is 5.91 Å². The molecule has 0 aliphatic heterocycles. The lowest BCUT2D eigenvalue weighted by atomic mass is 9.99. The van der Waals surface area contributed by atoms with Crippen molar-refractivity contribution in [2.45, 2.75) is 72.5 Å². The molecule has 0 saturated heterocycles. The summed E-state index contributed by atoms with van der Waals surface area (Å²) in [5.41, 5.74) is 0.992. The van der Waals surface area contributed by atoms with Crippen LogP contribution in [-0.2, 0) is 9.53 Å². The summed E-state index contributed by atoms with van der Waals surface area (Å²) >= 11 is 0. The first-order valence-electron chi connectivity index (χ1n) is 8.59. The largest absolute Gasteiger partial charge is 0.490 e. The fourth-order valence-electron chi connectivity index (χ4n) is 2.47. The number of hydrogen-bond acceptors (Lipinski definition) is 3. The van der Waals surface area contributed by atoms with Gasteiger partial charge in [0, 0.05) is 12.3 Å². The Hall–Kier alpha value is -1.55. The highest BCUT2D eigenvalue weighted by atomic mass is 16.5. The standard InChI is InChI=1S/C19H31NO3/c1-7-12-19(6,22-9-3)18(21)20-16-10-11-17(14(4)13-16)23-15(5)8-2/h10-11,13,15H,7-9,12H2,1-6H3,(H,20,21)/t15-,19+/m1/s1. The average Bonchev–Trinajstić information content (AvgIpc) is 2.50. The van der Waals surface area contributed by atoms with Crippen LogP contribution in [0.3, 0.4) is 0 Å². The second-order valence-corrected chi connectivity index (χ2v) is 6.18. The summed E-state index contributed by atoms with van der Waals surface area (Å²) < 4.78 is 11.5. The molecule has 1 aromatic rings. The van der Waals surface area contributed by atoms with Crippen LogP contribution in [0.25, 0.3) is 0 Å². The molecule has 0 aliphatic carbocycles. The predicted octanol–water partition coefficient (Wildman–Crippen LogP) is 4.71. The van der Waals surface area contributed by atoms with Crippen LogP contribution < -0.4 is 10.1 Å². The maximum absolute atomic E-state index is 12.6. The van der Waals surface area contributed by atoms with Crippen LogP contribution in [0.15, 0.2) is 18.2 Å². The lowest BCUT2D eigenvalue weighted by molar-refractivity contribution is -0.139. The second-order valence-electron chi connectivity index (χ2n) is 6.18. The van der Waals surface area contributed by atoms with E-state index in [1.54, 1.807) is 0 Å². The molecular weight excluding hydrogens is 290 g/mol. The van der Waals surface area contributed by atoms with Gasteiger partial charge in [-0.05, 0) is 64.3 Å². The van der Waals surface area contributed by atoms with Gasteiger partial charge < -0.3 is 14.8 Å². The summed E-state index contributed by atoms with van der Waals surface area (Å²) in [4.78, 5) is 12.6. The molecule has 1 rings (SSSR count). The normalized spacial score (nSPS) is 14.9. The fraction of sp³-hybridized carbons (Fsp3) is 0.632. The molecule has 0 unspecified atom stereocenters. The van der Waals surface area contributed by atoms with Crippen molar-refractivity contribution >= 4 is 11.6 Å². The molecule has 0 radical (unpaired) electrons. The summed E-state index contributed by atoms with van der Waals surface area (Å²) in [7, 11) is 0. The average molecular weight is 321 g/mol. The molecule has 1 amide bonds. The predicted molar refractivity (Wildman–Crippen MR) is 95.1 cm³/mol. The van der Waals surface area contributed by atoms with Gasteiger partial charge in [0.2, 0.25) is 0 Å². The van der Waals surface area contributed by atoms with Gasteiger partial charge in [-0.3, -0.25) is 4.79 Å². The van der Waals surface area contributed by atoms with E-state index in [1.165, 1.54) is 0 Å². The number of carbonyl (C=O) groups is 1. The Kier molecular flexibility index (Phi) is 7.56. The zero-order valence-electron chi connectivity index (χ0n) is 15.4. The molecule has 0 bridgehead atoms. The third kappa shape index (κ3) is 5.54. The van der Waals surface area contributed by atoms with E-state index < -0.39 is 5.60 Å². The zero-order valence-corrected chi connectivity index (χ0v) is 15.4. The van der Waals surface area contributed by atoms with Gasteiger partial charge in [-0.25, -0.2) is 0 Å². The summed E-state index contributed by atoms with van der Waals surface area (Å²) in [6.07, 6.45) is 2.73. The third-order valence-electron chi connectivity index (χ3n) is 4.01. The Bertz CT molecular complexity index is 507. The highest BCUT2D eigenvalue weighted by Crippen LogP contribution is 2.25.